The number of carboxylic acid groups (broad SMARTS) is 1. The van der Waals surface area contributed by atoms with Crippen molar-refractivity contribution in [3.63, 3.8) is 0 Å². The van der Waals surface area contributed by atoms with Crippen molar-refractivity contribution < 1.29 is 28.7 Å². The number of amides is 2. The van der Waals surface area contributed by atoms with E-state index in [0.29, 0.717) is 5.56 Å². The van der Waals surface area contributed by atoms with Crippen molar-refractivity contribution in [2.24, 2.45) is 0 Å². The molecule has 2 atom stereocenters. The number of alkyl halides is 1. The van der Waals surface area contributed by atoms with Crippen LogP contribution in [0.2, 0.25) is 0 Å². The van der Waals surface area contributed by atoms with Gasteiger partial charge in [0.25, 0.3) is 11.5 Å². The summed E-state index contributed by atoms with van der Waals surface area (Å²) in [6.07, 6.45) is 0.663. The quantitative estimate of drug-likeness (QED) is 0.522. The van der Waals surface area contributed by atoms with Gasteiger partial charge in [-0.15, -0.1) is 0 Å². The van der Waals surface area contributed by atoms with Crippen molar-refractivity contribution in [3.05, 3.63) is 64.6 Å². The molecule has 1 unspecified atom stereocenters. The topological polar surface area (TPSA) is 135 Å². The van der Waals surface area contributed by atoms with Crippen molar-refractivity contribution in [3.8, 4) is 0 Å². The number of aromatic nitrogens is 1. The monoisotopic (exact) mass is 431 g/mol. The van der Waals surface area contributed by atoms with E-state index in [0.717, 1.165) is 4.57 Å². The fourth-order valence-corrected chi connectivity index (χ4v) is 2.92. The number of carbonyl (C=O) groups excluding carboxylic acids is 3. The molecular formula is C21H22FN3O6. The molecule has 164 valence electrons. The lowest BCUT2D eigenvalue weighted by atomic mass is 10.1. The predicted molar refractivity (Wildman–Crippen MR) is 110 cm³/mol. The summed E-state index contributed by atoms with van der Waals surface area (Å²) in [4.78, 5) is 60.4. The van der Waals surface area contributed by atoms with Crippen LogP contribution in [0.3, 0.4) is 0 Å². The van der Waals surface area contributed by atoms with Gasteiger partial charge in [-0.1, -0.05) is 25.1 Å². The molecule has 0 bridgehead atoms. The van der Waals surface area contributed by atoms with Gasteiger partial charge in [-0.25, -0.2) is 4.39 Å². The minimum atomic E-state index is -1.55. The molecular weight excluding hydrogens is 409 g/mol. The molecule has 1 heterocycles. The van der Waals surface area contributed by atoms with Crippen LogP contribution < -0.4 is 16.2 Å². The number of anilines is 1. The third-order valence-electron chi connectivity index (χ3n) is 4.50. The van der Waals surface area contributed by atoms with Crippen LogP contribution in [-0.2, 0) is 14.4 Å². The molecule has 2 amide bonds. The first-order valence-electron chi connectivity index (χ1n) is 9.46. The zero-order chi connectivity index (χ0) is 23.0. The Bertz CT molecular complexity index is 1020. The van der Waals surface area contributed by atoms with E-state index in [9.17, 15) is 28.4 Å². The number of carbonyl (C=O) groups is 4. The summed E-state index contributed by atoms with van der Waals surface area (Å²) in [7, 11) is 0. The molecule has 1 aromatic carbocycles. The lowest BCUT2D eigenvalue weighted by molar-refractivity contribution is -0.140. The molecule has 0 aliphatic carbocycles. The van der Waals surface area contributed by atoms with Crippen LogP contribution in [0, 0.1) is 0 Å². The Morgan fingerprint density at radius 1 is 1.10 bits per heavy atom. The van der Waals surface area contributed by atoms with E-state index in [1.54, 1.807) is 37.3 Å². The molecule has 0 saturated carbocycles. The largest absolute Gasteiger partial charge is 0.481 e. The first-order chi connectivity index (χ1) is 14.8. The highest BCUT2D eigenvalue weighted by atomic mass is 19.1. The van der Waals surface area contributed by atoms with Crippen LogP contribution in [0.15, 0.2) is 53.5 Å². The number of nitrogens with zero attached hydrogens (tertiary/aromatic N) is 1. The number of hydrogen-bond donors (Lipinski definition) is 3. The van der Waals surface area contributed by atoms with Crippen LogP contribution >= 0.6 is 0 Å². The number of hydrogen-bond acceptors (Lipinski definition) is 5. The third kappa shape index (κ3) is 6.08. The summed E-state index contributed by atoms with van der Waals surface area (Å²) >= 11 is 0. The SMILES string of the molecule is CCC(C(=O)N[C@@H](CC(=O)O)C(=O)CF)n1cccc(NC(=O)c2ccccc2)c1=O. The maximum absolute atomic E-state index is 12.8. The maximum Gasteiger partial charge on any atom is 0.305 e. The molecule has 0 aliphatic rings. The predicted octanol–water partition coefficient (Wildman–Crippen LogP) is 1.55. The summed E-state index contributed by atoms with van der Waals surface area (Å²) in [5.41, 5.74) is -0.395. The summed E-state index contributed by atoms with van der Waals surface area (Å²) < 4.78 is 13.8. The van der Waals surface area contributed by atoms with Gasteiger partial charge in [0.15, 0.2) is 5.78 Å². The average Bonchev–Trinajstić information content (AvgIpc) is 2.75. The second-order valence-electron chi connectivity index (χ2n) is 6.64. The fraction of sp³-hybridized carbons (Fsp3) is 0.286. The van der Waals surface area contributed by atoms with E-state index in [-0.39, 0.29) is 12.1 Å². The minimum Gasteiger partial charge on any atom is -0.481 e. The number of nitrogens with one attached hydrogen (secondary N) is 2. The number of carboxylic acids is 1. The van der Waals surface area contributed by atoms with Gasteiger partial charge in [-0.3, -0.25) is 24.0 Å². The Kier molecular flexibility index (Phi) is 8.18. The number of Topliss-reactive ketones (excluding diaryl/α,β-unsaturated/α-hetero) is 1. The molecule has 0 aliphatic heterocycles. The van der Waals surface area contributed by atoms with E-state index < -0.39 is 54.3 Å². The molecule has 2 aromatic rings. The Balaban J connectivity index is 2.26. The van der Waals surface area contributed by atoms with Crippen LogP contribution in [0.25, 0.3) is 0 Å². The van der Waals surface area contributed by atoms with Crippen molar-refractivity contribution in [2.75, 3.05) is 12.0 Å². The molecule has 31 heavy (non-hydrogen) atoms. The van der Waals surface area contributed by atoms with Gasteiger partial charge in [0.05, 0.1) is 6.42 Å². The molecule has 0 fully saturated rings. The van der Waals surface area contributed by atoms with Gasteiger partial charge >= 0.3 is 5.97 Å². The van der Waals surface area contributed by atoms with Gasteiger partial charge in [-0.05, 0) is 30.7 Å². The minimum absolute atomic E-state index is 0.0653. The van der Waals surface area contributed by atoms with Gasteiger partial charge < -0.3 is 20.3 Å². The summed E-state index contributed by atoms with van der Waals surface area (Å²) in [6.45, 7) is 0.172. The van der Waals surface area contributed by atoms with Crippen molar-refractivity contribution in [1.29, 1.82) is 0 Å². The normalized spacial score (nSPS) is 12.5. The second-order valence-corrected chi connectivity index (χ2v) is 6.64. The van der Waals surface area contributed by atoms with Crippen molar-refractivity contribution in [2.45, 2.75) is 31.8 Å². The van der Waals surface area contributed by atoms with E-state index in [2.05, 4.69) is 10.6 Å². The molecule has 1 aromatic heterocycles. The van der Waals surface area contributed by atoms with Crippen LogP contribution in [-0.4, -0.2) is 46.0 Å². The van der Waals surface area contributed by atoms with E-state index in [1.165, 1.54) is 18.3 Å². The standard InChI is InChI=1S/C21H22FN3O6/c1-2-16(20(30)24-15(11-18(27)28)17(26)12-22)25-10-6-9-14(21(25)31)23-19(29)13-7-4-3-5-8-13/h3-10,15-16H,2,11-12H2,1H3,(H,23,29)(H,24,30)(H,27,28)/t15-,16?/m0/s1. The maximum atomic E-state index is 12.8. The summed E-state index contributed by atoms with van der Waals surface area (Å²) in [6, 6.07) is 8.40. The number of benzene rings is 1. The number of aliphatic carboxylic acids is 1. The molecule has 10 heteroatoms. The Hall–Kier alpha value is -3.82. The lowest BCUT2D eigenvalue weighted by Gasteiger charge is -2.22. The highest BCUT2D eigenvalue weighted by molar-refractivity contribution is 6.04. The third-order valence-corrected chi connectivity index (χ3v) is 4.50. The first-order valence-corrected chi connectivity index (χ1v) is 9.46. The van der Waals surface area contributed by atoms with Crippen molar-refractivity contribution >= 4 is 29.3 Å². The van der Waals surface area contributed by atoms with Gasteiger partial charge in [0.1, 0.15) is 24.4 Å². The van der Waals surface area contributed by atoms with E-state index in [4.69, 9.17) is 5.11 Å². The number of halogens is 1. The number of rotatable bonds is 10. The zero-order valence-corrected chi connectivity index (χ0v) is 16.7. The highest BCUT2D eigenvalue weighted by Gasteiger charge is 2.28. The molecule has 0 spiro atoms. The van der Waals surface area contributed by atoms with E-state index >= 15 is 0 Å². The smallest absolute Gasteiger partial charge is 0.305 e. The molecule has 2 rings (SSSR count). The van der Waals surface area contributed by atoms with Crippen LogP contribution in [0.4, 0.5) is 10.1 Å². The van der Waals surface area contributed by atoms with E-state index in [1.807, 2.05) is 0 Å². The lowest BCUT2D eigenvalue weighted by Crippen LogP contribution is -2.47. The molecule has 3 N–H and O–H groups in total. The zero-order valence-electron chi connectivity index (χ0n) is 16.7. The summed E-state index contributed by atoms with van der Waals surface area (Å²) in [5.74, 6) is -3.79. The Morgan fingerprint density at radius 2 is 1.77 bits per heavy atom. The fourth-order valence-electron chi connectivity index (χ4n) is 2.92. The van der Waals surface area contributed by atoms with Gasteiger partial charge in [0, 0.05) is 11.8 Å². The summed E-state index contributed by atoms with van der Waals surface area (Å²) in [5, 5.41) is 13.6. The Morgan fingerprint density at radius 3 is 2.35 bits per heavy atom. The average molecular weight is 431 g/mol. The number of pyridine rings is 1. The highest BCUT2D eigenvalue weighted by Crippen LogP contribution is 2.13. The van der Waals surface area contributed by atoms with Gasteiger partial charge in [0.2, 0.25) is 5.91 Å². The number of ketones is 1. The second kappa shape index (κ2) is 10.8. The first kappa shape index (κ1) is 23.5. The van der Waals surface area contributed by atoms with Crippen LogP contribution in [0.5, 0.6) is 0 Å². The van der Waals surface area contributed by atoms with Crippen molar-refractivity contribution in [1.82, 2.24) is 9.88 Å². The van der Waals surface area contributed by atoms with Crippen LogP contribution in [0.1, 0.15) is 36.2 Å². The molecule has 0 saturated heterocycles. The molecule has 0 radical (unpaired) electrons. The molecule has 9 nitrogen and oxygen atoms in total. The van der Waals surface area contributed by atoms with Gasteiger partial charge in [-0.2, -0.15) is 0 Å². The Labute approximate surface area is 176 Å².